The normalized spacial score (nSPS) is 22.3. The largest absolute Gasteiger partial charge is 0.491 e. The van der Waals surface area contributed by atoms with Gasteiger partial charge in [0.05, 0.1) is 31.2 Å². The van der Waals surface area contributed by atoms with Crippen molar-refractivity contribution in [3.63, 3.8) is 0 Å². The first kappa shape index (κ1) is 38.9. The number of benzene rings is 3. The summed E-state index contributed by atoms with van der Waals surface area (Å²) in [5.74, 6) is -2.84. The number of amides is 5. The van der Waals surface area contributed by atoms with Crippen LogP contribution in [0.25, 0.3) is 0 Å². The van der Waals surface area contributed by atoms with Gasteiger partial charge in [-0.1, -0.05) is 80.6 Å². The van der Waals surface area contributed by atoms with Crippen molar-refractivity contribution in [2.24, 2.45) is 5.92 Å². The van der Waals surface area contributed by atoms with Crippen LogP contribution >= 0.6 is 0 Å². The number of morpholine rings is 1. The van der Waals surface area contributed by atoms with E-state index in [1.165, 1.54) is 0 Å². The third-order valence-electron chi connectivity index (χ3n) is 9.17. The van der Waals surface area contributed by atoms with Gasteiger partial charge in [-0.2, -0.15) is 0 Å². The number of carbonyl (C=O) groups excluding carboxylic acids is 5. The van der Waals surface area contributed by atoms with Crippen LogP contribution < -0.4 is 31.3 Å². The minimum absolute atomic E-state index is 0.0278. The van der Waals surface area contributed by atoms with Gasteiger partial charge in [-0.15, -0.1) is 0 Å². The summed E-state index contributed by atoms with van der Waals surface area (Å²) in [6.45, 7) is 9.41. The van der Waals surface area contributed by atoms with E-state index in [1.54, 1.807) is 31.2 Å². The Hall–Kier alpha value is -5.27. The van der Waals surface area contributed by atoms with Crippen LogP contribution in [-0.4, -0.2) is 91.5 Å². The van der Waals surface area contributed by atoms with Crippen molar-refractivity contribution >= 4 is 29.5 Å². The molecular formula is C40H50N6O7. The van der Waals surface area contributed by atoms with Crippen molar-refractivity contribution in [2.75, 3.05) is 32.9 Å². The molecule has 13 heteroatoms. The van der Waals surface area contributed by atoms with E-state index in [-0.39, 0.29) is 36.8 Å². The molecule has 53 heavy (non-hydrogen) atoms. The lowest BCUT2D eigenvalue weighted by molar-refractivity contribution is -0.133. The lowest BCUT2D eigenvalue weighted by atomic mass is 10.0. The highest BCUT2D eigenvalue weighted by molar-refractivity contribution is 6.01. The Kier molecular flexibility index (Phi) is 14.0. The van der Waals surface area contributed by atoms with Gasteiger partial charge in [-0.25, -0.2) is 0 Å². The number of nitrogens with zero attached hydrogens (tertiary/aromatic N) is 1. The maximum absolute atomic E-state index is 13.8. The fourth-order valence-electron chi connectivity index (χ4n) is 6.27. The monoisotopic (exact) mass is 726 g/mol. The molecule has 2 heterocycles. The Morgan fingerprint density at radius 2 is 1.53 bits per heavy atom. The molecule has 0 unspecified atom stereocenters. The van der Waals surface area contributed by atoms with E-state index >= 15 is 0 Å². The second-order valence-electron chi connectivity index (χ2n) is 13.9. The molecular weight excluding hydrogens is 676 g/mol. The fraction of sp³-hybridized carbons (Fsp3) is 0.425. The van der Waals surface area contributed by atoms with Gasteiger partial charge >= 0.3 is 0 Å². The Bertz CT molecular complexity index is 1730. The molecule has 1 fully saturated rings. The molecule has 1 saturated heterocycles. The van der Waals surface area contributed by atoms with Crippen molar-refractivity contribution in [1.29, 1.82) is 0 Å². The number of rotatable bonds is 8. The van der Waals surface area contributed by atoms with Gasteiger partial charge in [0.2, 0.25) is 23.6 Å². The topological polar surface area (TPSA) is 167 Å². The van der Waals surface area contributed by atoms with E-state index in [9.17, 15) is 24.0 Å². The van der Waals surface area contributed by atoms with E-state index < -0.39 is 60.1 Å². The Balaban J connectivity index is 1.39. The highest BCUT2D eigenvalue weighted by Crippen LogP contribution is 2.19. The zero-order chi connectivity index (χ0) is 37.7. The lowest BCUT2D eigenvalue weighted by Crippen LogP contribution is -2.57. The van der Waals surface area contributed by atoms with Gasteiger partial charge in [-0.05, 0) is 41.7 Å². The molecule has 13 nitrogen and oxygen atoms in total. The summed E-state index contributed by atoms with van der Waals surface area (Å²) >= 11 is 0. The summed E-state index contributed by atoms with van der Waals surface area (Å²) in [6, 6.07) is 19.8. The SMILES string of the molecule is CC(C)[C@H]1NC(=O)[C@H](Cc2ccccc2)NC(=O)C[C@@H](C(=O)NCc2cccc(CN3CCOCC3)c2)NC(=O)c2ccccc2OC[C@H](C)NC1=O. The standard InChI is InChI=1S/C40H50N6O7/c1-26(2)36-40(51)42-27(3)25-53-34-15-8-7-14-31(34)37(48)44-33(22-35(47)43-32(39(50)45-36)21-28-10-5-4-6-11-28)38(49)41-23-29-12-9-13-30(20-29)24-46-16-18-52-19-17-46/h4-15,20,26-27,32-33,36H,16-19,21-25H2,1-3H3,(H,41,49)(H,42,51)(H,43,47)(H,44,48)(H,45,50)/t27-,32-,33-,36+/m0/s1. The third kappa shape index (κ3) is 11.6. The lowest BCUT2D eigenvalue weighted by Gasteiger charge is -2.27. The van der Waals surface area contributed by atoms with E-state index in [1.807, 2.05) is 68.4 Å². The Labute approximate surface area is 310 Å². The van der Waals surface area contributed by atoms with Crippen LogP contribution in [0.4, 0.5) is 0 Å². The first-order valence-electron chi connectivity index (χ1n) is 18.2. The minimum atomic E-state index is -1.30. The van der Waals surface area contributed by atoms with Crippen molar-refractivity contribution < 1.29 is 33.4 Å². The van der Waals surface area contributed by atoms with Crippen LogP contribution in [0, 0.1) is 5.92 Å². The number of fused-ring (bicyclic) bond motifs is 1. The number of carbonyl (C=O) groups is 5. The summed E-state index contributed by atoms with van der Waals surface area (Å²) in [5.41, 5.74) is 2.89. The molecule has 2 aliphatic heterocycles. The second-order valence-corrected chi connectivity index (χ2v) is 13.9. The molecule has 282 valence electrons. The second kappa shape index (κ2) is 19.0. The molecule has 4 atom stereocenters. The van der Waals surface area contributed by atoms with Crippen molar-refractivity contribution in [1.82, 2.24) is 31.5 Å². The van der Waals surface area contributed by atoms with Crippen LogP contribution in [0.15, 0.2) is 78.9 Å². The van der Waals surface area contributed by atoms with Gasteiger partial charge in [0.25, 0.3) is 5.91 Å². The summed E-state index contributed by atoms with van der Waals surface area (Å²) in [7, 11) is 0. The molecule has 0 bridgehead atoms. The van der Waals surface area contributed by atoms with Crippen LogP contribution in [0.3, 0.4) is 0 Å². The fourth-order valence-corrected chi connectivity index (χ4v) is 6.27. The molecule has 0 aliphatic carbocycles. The predicted octanol–water partition coefficient (Wildman–Crippen LogP) is 2.09. The van der Waals surface area contributed by atoms with E-state index in [0.29, 0.717) is 13.2 Å². The Morgan fingerprint density at radius 1 is 0.830 bits per heavy atom. The summed E-state index contributed by atoms with van der Waals surface area (Å²) in [6.07, 6.45) is -0.326. The predicted molar refractivity (Wildman–Crippen MR) is 199 cm³/mol. The Morgan fingerprint density at radius 3 is 2.28 bits per heavy atom. The molecule has 0 aromatic heterocycles. The molecule has 5 rings (SSSR count). The number of hydrogen-bond acceptors (Lipinski definition) is 8. The van der Waals surface area contributed by atoms with Gasteiger partial charge in [0, 0.05) is 32.6 Å². The minimum Gasteiger partial charge on any atom is -0.491 e. The highest BCUT2D eigenvalue weighted by atomic mass is 16.5. The first-order chi connectivity index (χ1) is 25.5. The first-order valence-corrected chi connectivity index (χ1v) is 18.2. The average molecular weight is 727 g/mol. The molecule has 0 spiro atoms. The number of para-hydroxylation sites is 1. The van der Waals surface area contributed by atoms with Crippen molar-refractivity contribution in [3.05, 3.63) is 101 Å². The number of ether oxygens (including phenoxy) is 2. The molecule has 2 aliphatic rings. The average Bonchev–Trinajstić information content (AvgIpc) is 3.15. The summed E-state index contributed by atoms with van der Waals surface area (Å²) in [5, 5.41) is 14.1. The van der Waals surface area contributed by atoms with Gasteiger partial charge < -0.3 is 36.1 Å². The molecule has 5 N–H and O–H groups in total. The zero-order valence-electron chi connectivity index (χ0n) is 30.6. The van der Waals surface area contributed by atoms with E-state index in [2.05, 4.69) is 31.5 Å². The molecule has 5 amide bonds. The molecule has 3 aromatic rings. The number of nitrogens with one attached hydrogen (secondary N) is 5. The van der Waals surface area contributed by atoms with E-state index in [0.717, 1.165) is 36.3 Å². The number of hydrogen-bond donors (Lipinski definition) is 5. The van der Waals surface area contributed by atoms with Gasteiger partial charge in [0.15, 0.2) is 0 Å². The highest BCUT2D eigenvalue weighted by Gasteiger charge is 2.32. The summed E-state index contributed by atoms with van der Waals surface area (Å²) in [4.78, 5) is 70.8. The zero-order valence-corrected chi connectivity index (χ0v) is 30.6. The van der Waals surface area contributed by atoms with Gasteiger partial charge in [0.1, 0.15) is 30.5 Å². The smallest absolute Gasteiger partial charge is 0.255 e. The molecule has 3 aromatic carbocycles. The van der Waals surface area contributed by atoms with Crippen LogP contribution in [-0.2, 0) is 43.4 Å². The van der Waals surface area contributed by atoms with Crippen LogP contribution in [0.2, 0.25) is 0 Å². The molecule has 0 radical (unpaired) electrons. The summed E-state index contributed by atoms with van der Waals surface area (Å²) < 4.78 is 11.4. The quantitative estimate of drug-likeness (QED) is 0.235. The molecule has 0 saturated carbocycles. The maximum atomic E-state index is 13.8. The van der Waals surface area contributed by atoms with Crippen molar-refractivity contribution in [3.8, 4) is 5.75 Å². The third-order valence-corrected chi connectivity index (χ3v) is 9.17. The maximum Gasteiger partial charge on any atom is 0.255 e. The van der Waals surface area contributed by atoms with E-state index in [4.69, 9.17) is 9.47 Å². The van der Waals surface area contributed by atoms with Crippen LogP contribution in [0.5, 0.6) is 5.75 Å². The van der Waals surface area contributed by atoms with Crippen LogP contribution in [0.1, 0.15) is 54.2 Å². The van der Waals surface area contributed by atoms with Crippen molar-refractivity contribution in [2.45, 2.75) is 70.9 Å². The van der Waals surface area contributed by atoms with Gasteiger partial charge in [-0.3, -0.25) is 28.9 Å².